The topological polar surface area (TPSA) is 35.6 Å². The molecule has 12 rings (SSSR count). The van der Waals surface area contributed by atoms with E-state index in [1.54, 1.807) is 0 Å². The average Bonchev–Trinajstić information content (AvgIpc) is 3.92. The van der Waals surface area contributed by atoms with Crippen LogP contribution in [0.5, 0.6) is 0 Å². The third-order valence-electron chi connectivity index (χ3n) is 12.0. The normalized spacial score (nSPS) is 13.1. The van der Waals surface area contributed by atoms with Crippen molar-refractivity contribution in [2.45, 2.75) is 0 Å². The van der Waals surface area contributed by atoms with E-state index in [0.717, 1.165) is 33.7 Å². The van der Waals surface area contributed by atoms with Gasteiger partial charge in [0.25, 0.3) is 0 Å². The van der Waals surface area contributed by atoms with Crippen LogP contribution in [-0.2, 0) is 0 Å². The first-order chi connectivity index (χ1) is 28.3. The molecule has 4 heterocycles. The molecule has 1 aliphatic heterocycles. The predicted octanol–water partition coefficient (Wildman–Crippen LogP) is 9.70. The molecular weight excluding hydrogens is 753 g/mol. The zero-order valence-corrected chi connectivity index (χ0v) is 33.0. The third-order valence-corrected chi connectivity index (χ3v) is 22.2. The SMILES string of the molecule is c1ccc(-c2nc(-n3c4ccccc4c4c3ccc3c5ccccc5n(-c5ccccc5)c34)nc3[c]2[Ge]([c]2ccccc2)([c]2ccccc2)[c]2ccccc2-3)cc1. The molecule has 0 atom stereocenters. The molecule has 0 radical (unpaired) electrons. The molecule has 0 spiro atoms. The van der Waals surface area contributed by atoms with Crippen molar-refractivity contribution in [3.8, 4) is 34.2 Å². The number of rotatable bonds is 5. The van der Waals surface area contributed by atoms with E-state index in [9.17, 15) is 0 Å². The van der Waals surface area contributed by atoms with Gasteiger partial charge in [0, 0.05) is 0 Å². The summed E-state index contributed by atoms with van der Waals surface area (Å²) in [5.41, 5.74) is 10.00. The molecule has 8 aromatic carbocycles. The van der Waals surface area contributed by atoms with Crippen molar-refractivity contribution in [1.29, 1.82) is 0 Å². The Balaban J connectivity index is 1.25. The number of fused-ring (bicyclic) bond motifs is 10. The first kappa shape index (κ1) is 32.2. The van der Waals surface area contributed by atoms with Gasteiger partial charge in [-0.25, -0.2) is 0 Å². The van der Waals surface area contributed by atoms with E-state index in [4.69, 9.17) is 9.97 Å². The van der Waals surface area contributed by atoms with Crippen molar-refractivity contribution < 1.29 is 0 Å². The van der Waals surface area contributed by atoms with Crippen LogP contribution >= 0.6 is 0 Å². The summed E-state index contributed by atoms with van der Waals surface area (Å²) in [6.07, 6.45) is 0. The van der Waals surface area contributed by atoms with Gasteiger partial charge in [0.1, 0.15) is 0 Å². The summed E-state index contributed by atoms with van der Waals surface area (Å²) in [6.45, 7) is 0. The summed E-state index contributed by atoms with van der Waals surface area (Å²) in [5.74, 6) is 0.676. The maximum atomic E-state index is 5.78. The van der Waals surface area contributed by atoms with Crippen molar-refractivity contribution >= 4 is 74.5 Å². The van der Waals surface area contributed by atoms with Crippen LogP contribution in [0.15, 0.2) is 206 Å². The first-order valence-corrected chi connectivity index (χ1v) is 23.7. The molecule has 0 aliphatic carbocycles. The molecule has 0 amide bonds. The predicted molar refractivity (Wildman–Crippen MR) is 239 cm³/mol. The molecule has 0 N–H and O–H groups in total. The van der Waals surface area contributed by atoms with Crippen LogP contribution in [0.2, 0.25) is 0 Å². The summed E-state index contributed by atoms with van der Waals surface area (Å²) in [4.78, 5) is 11.5. The zero-order valence-electron chi connectivity index (χ0n) is 30.9. The number of para-hydroxylation sites is 3. The summed E-state index contributed by atoms with van der Waals surface area (Å²) in [6, 6.07) is 75.0. The van der Waals surface area contributed by atoms with E-state index in [1.165, 1.54) is 55.7 Å². The molecule has 0 saturated carbocycles. The molecule has 0 fully saturated rings. The summed E-state index contributed by atoms with van der Waals surface area (Å²) >= 11 is -3.70. The van der Waals surface area contributed by atoms with Crippen LogP contribution < -0.4 is 17.6 Å². The summed E-state index contributed by atoms with van der Waals surface area (Å²) < 4.78 is 10.2. The molecule has 0 saturated heterocycles. The second kappa shape index (κ2) is 12.5. The summed E-state index contributed by atoms with van der Waals surface area (Å²) in [5, 5.41) is 4.82. The minimum absolute atomic E-state index is 0.676. The molecule has 0 unspecified atom stereocenters. The molecule has 3 aromatic heterocycles. The maximum absolute atomic E-state index is 5.78. The Hall–Kier alpha value is -7.02. The second-order valence-electron chi connectivity index (χ2n) is 14.9. The molecule has 266 valence electrons. The Morgan fingerprint density at radius 2 is 0.930 bits per heavy atom. The van der Waals surface area contributed by atoms with Crippen LogP contribution in [0.25, 0.3) is 77.8 Å². The molecule has 0 bridgehead atoms. The Morgan fingerprint density at radius 1 is 0.386 bits per heavy atom. The number of hydrogen-bond acceptors (Lipinski definition) is 2. The van der Waals surface area contributed by atoms with E-state index < -0.39 is 13.3 Å². The van der Waals surface area contributed by atoms with Gasteiger partial charge < -0.3 is 0 Å². The molecule has 11 aromatic rings. The Bertz CT molecular complexity index is 3290. The quantitative estimate of drug-likeness (QED) is 0.163. The van der Waals surface area contributed by atoms with Crippen molar-refractivity contribution in [2.75, 3.05) is 0 Å². The molecule has 4 nitrogen and oxygen atoms in total. The number of aromatic nitrogens is 4. The summed E-state index contributed by atoms with van der Waals surface area (Å²) in [7, 11) is 0. The molecule has 1 aliphatic rings. The Morgan fingerprint density at radius 3 is 1.63 bits per heavy atom. The van der Waals surface area contributed by atoms with E-state index in [2.05, 4.69) is 215 Å². The fourth-order valence-corrected chi connectivity index (χ4v) is 20.8. The van der Waals surface area contributed by atoms with Gasteiger partial charge in [-0.2, -0.15) is 0 Å². The van der Waals surface area contributed by atoms with Gasteiger partial charge in [-0.05, 0) is 0 Å². The van der Waals surface area contributed by atoms with E-state index in [1.807, 2.05) is 0 Å². The average molecular weight is 787 g/mol. The van der Waals surface area contributed by atoms with Gasteiger partial charge in [0.2, 0.25) is 0 Å². The minimum atomic E-state index is -3.70. The van der Waals surface area contributed by atoms with Gasteiger partial charge in [-0.3, -0.25) is 0 Å². The third kappa shape index (κ3) is 4.50. The van der Waals surface area contributed by atoms with Crippen LogP contribution in [0.4, 0.5) is 0 Å². The molecule has 5 heteroatoms. The van der Waals surface area contributed by atoms with Crippen LogP contribution in [0.3, 0.4) is 0 Å². The van der Waals surface area contributed by atoms with Crippen LogP contribution in [0, 0.1) is 0 Å². The van der Waals surface area contributed by atoms with E-state index in [0.29, 0.717) is 5.95 Å². The standard InChI is InChI=1S/C52H34GeN4/c1-5-19-35(20-6-1)49-48-50(41-28-13-16-30-43(41)53(48,36-21-7-2-8-22-36)37-23-9-3-10-24-37)55-52(54-49)57-45-32-18-15-29-42(45)47-46(57)34-33-40-39-27-14-17-31-44(39)56(51(40)47)38-25-11-4-12-26-38/h1-34H. The van der Waals surface area contributed by atoms with Crippen molar-refractivity contribution in [2.24, 2.45) is 0 Å². The van der Waals surface area contributed by atoms with Gasteiger partial charge in [0.15, 0.2) is 0 Å². The molecule has 57 heavy (non-hydrogen) atoms. The van der Waals surface area contributed by atoms with Gasteiger partial charge in [-0.1, -0.05) is 6.07 Å². The van der Waals surface area contributed by atoms with Gasteiger partial charge in [-0.15, -0.1) is 0 Å². The van der Waals surface area contributed by atoms with Crippen LogP contribution in [0.1, 0.15) is 0 Å². The van der Waals surface area contributed by atoms with Crippen LogP contribution in [-0.4, -0.2) is 32.4 Å². The van der Waals surface area contributed by atoms with Gasteiger partial charge >= 0.3 is 328 Å². The van der Waals surface area contributed by atoms with Crippen molar-refractivity contribution in [3.63, 3.8) is 0 Å². The second-order valence-corrected chi connectivity index (χ2v) is 22.6. The van der Waals surface area contributed by atoms with Crippen molar-refractivity contribution in [1.82, 2.24) is 19.1 Å². The molecular formula is C52H34GeN4. The monoisotopic (exact) mass is 788 g/mol. The first-order valence-electron chi connectivity index (χ1n) is 19.5. The van der Waals surface area contributed by atoms with Gasteiger partial charge in [0.05, 0.1) is 0 Å². The number of benzene rings is 8. The Labute approximate surface area is 332 Å². The van der Waals surface area contributed by atoms with Crippen molar-refractivity contribution in [3.05, 3.63) is 206 Å². The Kier molecular flexibility index (Phi) is 7.07. The number of nitrogens with zero attached hydrogens (tertiary/aromatic N) is 4. The van der Waals surface area contributed by atoms with E-state index in [-0.39, 0.29) is 0 Å². The zero-order chi connectivity index (χ0) is 37.5. The fourth-order valence-electron chi connectivity index (χ4n) is 9.77. The fraction of sp³-hybridized carbons (Fsp3) is 0. The van der Waals surface area contributed by atoms with E-state index >= 15 is 0 Å². The number of hydrogen-bond donors (Lipinski definition) is 0.